The van der Waals surface area contributed by atoms with Crippen molar-refractivity contribution in [2.45, 2.75) is 25.4 Å². The van der Waals surface area contributed by atoms with Crippen LogP contribution in [0, 0.1) is 11.3 Å². The van der Waals surface area contributed by atoms with Gasteiger partial charge in [-0.3, -0.25) is 10.3 Å². The number of nitrogens with zero attached hydrogens (tertiary/aromatic N) is 5. The minimum atomic E-state index is -4.52. The number of alkyl halides is 3. The summed E-state index contributed by atoms with van der Waals surface area (Å²) in [7, 11) is 2.13. The number of rotatable bonds is 5. The van der Waals surface area contributed by atoms with Gasteiger partial charge in [-0.1, -0.05) is 12.1 Å². The first kappa shape index (κ1) is 24.8. The van der Waals surface area contributed by atoms with Gasteiger partial charge in [-0.2, -0.15) is 18.4 Å². The molecule has 2 aliphatic heterocycles. The van der Waals surface area contributed by atoms with E-state index in [0.29, 0.717) is 16.9 Å². The number of H-pyrrole nitrogens is 1. The molecule has 2 atom stereocenters. The number of likely N-dealkylation sites (N-methyl/N-ethyl adjacent to an activating group) is 1. The van der Waals surface area contributed by atoms with E-state index in [1.165, 1.54) is 11.9 Å². The topological polar surface area (TPSA) is 95.4 Å². The fourth-order valence-corrected chi connectivity index (χ4v) is 4.59. The van der Waals surface area contributed by atoms with E-state index in [4.69, 9.17) is 0 Å². The monoisotopic (exact) mass is 508 g/mol. The molecule has 4 heterocycles. The molecule has 0 bridgehead atoms. The average molecular weight is 509 g/mol. The van der Waals surface area contributed by atoms with Crippen LogP contribution in [0.2, 0.25) is 0 Å². The Morgan fingerprint density at radius 3 is 2.57 bits per heavy atom. The zero-order chi connectivity index (χ0) is 26.2. The van der Waals surface area contributed by atoms with Crippen molar-refractivity contribution in [3.8, 4) is 6.07 Å². The van der Waals surface area contributed by atoms with Crippen LogP contribution < -0.4 is 15.5 Å². The van der Waals surface area contributed by atoms with Crippen LogP contribution in [-0.2, 0) is 6.18 Å². The van der Waals surface area contributed by atoms with Crippen molar-refractivity contribution < 1.29 is 13.2 Å². The van der Waals surface area contributed by atoms with Crippen molar-refractivity contribution in [1.82, 2.24) is 25.5 Å². The number of nitrogens with one attached hydrogen (secondary N) is 3. The van der Waals surface area contributed by atoms with E-state index in [0.717, 1.165) is 44.0 Å². The molecular weight excluding hydrogens is 481 g/mol. The molecule has 0 saturated carbocycles. The molecule has 192 valence electrons. The molecule has 8 nitrogen and oxygen atoms in total. The van der Waals surface area contributed by atoms with Crippen molar-refractivity contribution >= 4 is 28.6 Å². The standard InChI is InChI=1S/C26H27F3N8/c1-16(17-3-5-20(6-4-17)37-9-7-36(2)8-10-37)34-25-33-13-18(12-30)23(35-25)22-15-32-24-21(22)11-19(14-31-24)26(27,28)29/h3-6,11,13-16,25,34-35H,7-10H2,1-2H3,(H,31,32)/t16-,25?/m1/s1. The molecule has 3 N–H and O–H groups in total. The van der Waals surface area contributed by atoms with Crippen LogP contribution >= 0.6 is 0 Å². The first-order chi connectivity index (χ1) is 17.7. The van der Waals surface area contributed by atoms with Crippen molar-refractivity contribution in [3.05, 3.63) is 65.0 Å². The molecule has 0 spiro atoms. The third-order valence-corrected chi connectivity index (χ3v) is 6.82. The Bertz CT molecular complexity index is 1380. The highest BCUT2D eigenvalue weighted by Gasteiger charge is 2.32. The lowest BCUT2D eigenvalue weighted by Gasteiger charge is -2.34. The summed E-state index contributed by atoms with van der Waals surface area (Å²) in [4.78, 5) is 15.9. The number of aromatic nitrogens is 2. The second kappa shape index (κ2) is 9.88. The molecule has 3 aromatic rings. The maximum atomic E-state index is 13.3. The van der Waals surface area contributed by atoms with Crippen LogP contribution in [0.25, 0.3) is 16.7 Å². The van der Waals surface area contributed by atoms with Gasteiger partial charge >= 0.3 is 6.18 Å². The Labute approximate surface area is 212 Å². The van der Waals surface area contributed by atoms with Gasteiger partial charge in [0.2, 0.25) is 0 Å². The lowest BCUT2D eigenvalue weighted by atomic mass is 10.0. The van der Waals surface area contributed by atoms with Crippen LogP contribution in [-0.4, -0.2) is 60.6 Å². The van der Waals surface area contributed by atoms with E-state index < -0.39 is 18.0 Å². The molecule has 1 unspecified atom stereocenters. The Balaban J connectivity index is 1.32. The number of pyridine rings is 1. The quantitative estimate of drug-likeness (QED) is 0.484. The summed E-state index contributed by atoms with van der Waals surface area (Å²) in [5, 5.41) is 16.5. The van der Waals surface area contributed by atoms with Gasteiger partial charge in [-0.25, -0.2) is 4.98 Å². The number of fused-ring (bicyclic) bond motifs is 1. The third kappa shape index (κ3) is 5.16. The van der Waals surface area contributed by atoms with E-state index in [2.05, 4.69) is 72.8 Å². The molecule has 2 aliphatic rings. The predicted molar refractivity (Wildman–Crippen MR) is 137 cm³/mol. The summed E-state index contributed by atoms with van der Waals surface area (Å²) in [6.07, 6.45) is -1.33. The van der Waals surface area contributed by atoms with Gasteiger partial charge in [0.05, 0.1) is 16.8 Å². The predicted octanol–water partition coefficient (Wildman–Crippen LogP) is 3.88. The second-order valence-corrected chi connectivity index (χ2v) is 9.32. The first-order valence-corrected chi connectivity index (χ1v) is 12.0. The van der Waals surface area contributed by atoms with Crippen molar-refractivity contribution in [1.29, 1.82) is 5.26 Å². The zero-order valence-corrected chi connectivity index (χ0v) is 20.5. The fourth-order valence-electron chi connectivity index (χ4n) is 4.59. The van der Waals surface area contributed by atoms with Crippen LogP contribution in [0.4, 0.5) is 18.9 Å². The number of hydrogen-bond acceptors (Lipinski definition) is 7. The molecular formula is C26H27F3N8. The van der Waals surface area contributed by atoms with E-state index >= 15 is 0 Å². The number of nitriles is 1. The van der Waals surface area contributed by atoms with Gasteiger partial charge in [0.15, 0.2) is 6.29 Å². The van der Waals surface area contributed by atoms with Crippen LogP contribution in [0.15, 0.2) is 53.3 Å². The van der Waals surface area contributed by atoms with Gasteiger partial charge in [0.1, 0.15) is 11.7 Å². The summed E-state index contributed by atoms with van der Waals surface area (Å²) in [5.74, 6) is 0. The lowest BCUT2D eigenvalue weighted by molar-refractivity contribution is -0.137. The molecule has 5 rings (SSSR count). The van der Waals surface area contributed by atoms with Gasteiger partial charge in [-0.15, -0.1) is 0 Å². The highest BCUT2D eigenvalue weighted by Crippen LogP contribution is 2.33. The normalized spacial score (nSPS) is 19.7. The first-order valence-electron chi connectivity index (χ1n) is 12.0. The number of aromatic amines is 1. The van der Waals surface area contributed by atoms with Crippen molar-refractivity contribution in [2.75, 3.05) is 38.1 Å². The molecule has 37 heavy (non-hydrogen) atoms. The Morgan fingerprint density at radius 2 is 1.89 bits per heavy atom. The van der Waals surface area contributed by atoms with E-state index in [1.807, 2.05) is 6.92 Å². The van der Waals surface area contributed by atoms with Gasteiger partial charge in [-0.05, 0) is 37.7 Å². The molecule has 0 amide bonds. The lowest BCUT2D eigenvalue weighted by Crippen LogP contribution is -2.44. The molecule has 1 saturated heterocycles. The van der Waals surface area contributed by atoms with Gasteiger partial charge in [0.25, 0.3) is 0 Å². The average Bonchev–Trinajstić information content (AvgIpc) is 3.32. The second-order valence-electron chi connectivity index (χ2n) is 9.32. The number of benzene rings is 1. The van der Waals surface area contributed by atoms with E-state index in [1.54, 1.807) is 6.20 Å². The van der Waals surface area contributed by atoms with E-state index in [9.17, 15) is 18.4 Å². The molecule has 0 aliphatic carbocycles. The summed E-state index contributed by atoms with van der Waals surface area (Å²) in [5.41, 5.74) is 2.74. The number of allylic oxidation sites excluding steroid dienone is 1. The Morgan fingerprint density at radius 1 is 1.16 bits per heavy atom. The number of hydrogen-bond donors (Lipinski definition) is 3. The summed E-state index contributed by atoms with van der Waals surface area (Å²) < 4.78 is 39.9. The van der Waals surface area contributed by atoms with E-state index in [-0.39, 0.29) is 17.0 Å². The van der Waals surface area contributed by atoms with Crippen LogP contribution in [0.5, 0.6) is 0 Å². The van der Waals surface area contributed by atoms with Crippen molar-refractivity contribution in [2.24, 2.45) is 4.99 Å². The number of piperazine rings is 1. The maximum Gasteiger partial charge on any atom is 0.417 e. The van der Waals surface area contributed by atoms with Gasteiger partial charge < -0.3 is 20.1 Å². The van der Waals surface area contributed by atoms with Crippen molar-refractivity contribution in [3.63, 3.8) is 0 Å². The Kier molecular flexibility index (Phi) is 6.62. The molecule has 1 aromatic carbocycles. The largest absolute Gasteiger partial charge is 0.417 e. The highest BCUT2D eigenvalue weighted by molar-refractivity contribution is 6.01. The number of anilines is 1. The number of aliphatic imine (C=N–C) groups is 1. The fraction of sp³-hybridized carbons (Fsp3) is 0.346. The third-order valence-electron chi connectivity index (χ3n) is 6.82. The van der Waals surface area contributed by atoms with Crippen LogP contribution in [0.1, 0.15) is 29.7 Å². The van der Waals surface area contributed by atoms with Gasteiger partial charge in [0, 0.05) is 67.5 Å². The number of halogens is 3. The molecule has 2 aromatic heterocycles. The molecule has 1 fully saturated rings. The zero-order valence-electron chi connectivity index (χ0n) is 20.5. The van der Waals surface area contributed by atoms with Crippen LogP contribution in [0.3, 0.4) is 0 Å². The maximum absolute atomic E-state index is 13.3. The highest BCUT2D eigenvalue weighted by atomic mass is 19.4. The Hall–Kier alpha value is -3.88. The minimum absolute atomic E-state index is 0.0810. The molecule has 11 heteroatoms. The molecule has 0 radical (unpaired) electrons. The summed E-state index contributed by atoms with van der Waals surface area (Å²) in [6, 6.07) is 11.4. The summed E-state index contributed by atoms with van der Waals surface area (Å²) in [6.45, 7) is 6.07. The summed E-state index contributed by atoms with van der Waals surface area (Å²) >= 11 is 0. The smallest absolute Gasteiger partial charge is 0.369 e. The minimum Gasteiger partial charge on any atom is -0.369 e. The SMILES string of the molecule is C[C@@H](NC1N=CC(C#N)=C(c2c[nH]c3ncc(C(F)(F)F)cc23)N1)c1ccc(N2CCN(C)CC2)cc1.